The summed E-state index contributed by atoms with van der Waals surface area (Å²) in [6.07, 6.45) is 1.24. The number of nitrogens with zero attached hydrogens (tertiary/aromatic N) is 2. The molecule has 2 heterocycles. The average molecular weight is 225 g/mol. The molecule has 0 aromatic carbocycles. The third-order valence-corrected chi connectivity index (χ3v) is 4.08. The molecular weight excluding hydrogens is 206 g/mol. The molecule has 0 spiro atoms. The van der Waals surface area contributed by atoms with Gasteiger partial charge in [-0.15, -0.1) is 11.3 Å². The van der Waals surface area contributed by atoms with Crippen LogP contribution in [-0.4, -0.2) is 29.0 Å². The van der Waals surface area contributed by atoms with Gasteiger partial charge in [-0.25, -0.2) is 4.98 Å². The molecule has 1 fully saturated rings. The Bertz CT molecular complexity index is 323. The molecule has 1 aromatic heterocycles. The molecule has 4 heteroatoms. The van der Waals surface area contributed by atoms with Crippen LogP contribution in [0.15, 0.2) is 5.38 Å². The molecule has 1 saturated heterocycles. The van der Waals surface area contributed by atoms with Crippen molar-refractivity contribution in [1.82, 2.24) is 9.88 Å². The van der Waals surface area contributed by atoms with Crippen molar-refractivity contribution in [2.24, 2.45) is 11.7 Å². The highest BCUT2D eigenvalue weighted by Gasteiger charge is 2.28. The van der Waals surface area contributed by atoms with Gasteiger partial charge in [-0.05, 0) is 32.7 Å². The fourth-order valence-electron chi connectivity index (χ4n) is 2.26. The SMILES string of the molecule is Cc1csc(CN2CC(CN)CC2C)n1. The third kappa shape index (κ3) is 2.56. The Labute approximate surface area is 95.3 Å². The number of thiazole rings is 1. The Morgan fingerprint density at radius 3 is 3.00 bits per heavy atom. The first-order valence-electron chi connectivity index (χ1n) is 5.54. The van der Waals surface area contributed by atoms with Crippen molar-refractivity contribution >= 4 is 11.3 Å². The van der Waals surface area contributed by atoms with Gasteiger partial charge in [-0.2, -0.15) is 0 Å². The zero-order valence-corrected chi connectivity index (χ0v) is 10.3. The van der Waals surface area contributed by atoms with E-state index >= 15 is 0 Å². The van der Waals surface area contributed by atoms with E-state index in [4.69, 9.17) is 5.73 Å². The van der Waals surface area contributed by atoms with Crippen molar-refractivity contribution < 1.29 is 0 Å². The van der Waals surface area contributed by atoms with Gasteiger partial charge in [-0.1, -0.05) is 0 Å². The molecule has 0 aliphatic carbocycles. The Morgan fingerprint density at radius 2 is 2.47 bits per heavy atom. The Hall–Kier alpha value is -0.450. The molecule has 0 amide bonds. The van der Waals surface area contributed by atoms with Crippen LogP contribution in [0, 0.1) is 12.8 Å². The van der Waals surface area contributed by atoms with Crippen molar-refractivity contribution in [1.29, 1.82) is 0 Å². The molecule has 84 valence electrons. The number of rotatable bonds is 3. The molecule has 0 saturated carbocycles. The first-order valence-corrected chi connectivity index (χ1v) is 6.42. The predicted octanol–water partition coefficient (Wildman–Crippen LogP) is 1.62. The molecule has 2 unspecified atom stereocenters. The highest BCUT2D eigenvalue weighted by Crippen LogP contribution is 2.24. The van der Waals surface area contributed by atoms with Crippen LogP contribution in [0.5, 0.6) is 0 Å². The van der Waals surface area contributed by atoms with Crippen molar-refractivity contribution in [3.63, 3.8) is 0 Å². The molecule has 1 aliphatic rings. The van der Waals surface area contributed by atoms with Gasteiger partial charge in [0.1, 0.15) is 5.01 Å². The fourth-order valence-corrected chi connectivity index (χ4v) is 3.05. The summed E-state index contributed by atoms with van der Waals surface area (Å²) in [7, 11) is 0. The molecule has 2 rings (SSSR count). The minimum absolute atomic E-state index is 0.655. The molecule has 15 heavy (non-hydrogen) atoms. The lowest BCUT2D eigenvalue weighted by Gasteiger charge is -2.19. The van der Waals surface area contributed by atoms with Crippen LogP contribution in [0.3, 0.4) is 0 Å². The minimum Gasteiger partial charge on any atom is -0.330 e. The van der Waals surface area contributed by atoms with Crippen LogP contribution in [0.1, 0.15) is 24.0 Å². The maximum atomic E-state index is 5.72. The van der Waals surface area contributed by atoms with Gasteiger partial charge in [0.05, 0.1) is 6.54 Å². The van der Waals surface area contributed by atoms with Gasteiger partial charge in [0, 0.05) is 23.7 Å². The van der Waals surface area contributed by atoms with Crippen LogP contribution in [0.2, 0.25) is 0 Å². The van der Waals surface area contributed by atoms with E-state index in [0.29, 0.717) is 12.0 Å². The normalized spacial score (nSPS) is 27.4. The van der Waals surface area contributed by atoms with E-state index in [1.54, 1.807) is 11.3 Å². The van der Waals surface area contributed by atoms with Crippen molar-refractivity contribution in [3.05, 3.63) is 16.1 Å². The Balaban J connectivity index is 1.95. The predicted molar refractivity (Wildman–Crippen MR) is 63.9 cm³/mol. The lowest BCUT2D eigenvalue weighted by molar-refractivity contribution is 0.255. The van der Waals surface area contributed by atoms with E-state index < -0.39 is 0 Å². The quantitative estimate of drug-likeness (QED) is 0.850. The number of nitrogens with two attached hydrogens (primary N) is 1. The van der Waals surface area contributed by atoms with Crippen LogP contribution >= 0.6 is 11.3 Å². The largest absolute Gasteiger partial charge is 0.330 e. The van der Waals surface area contributed by atoms with Crippen LogP contribution < -0.4 is 5.73 Å². The van der Waals surface area contributed by atoms with Gasteiger partial charge in [0.15, 0.2) is 0 Å². The second-order valence-corrected chi connectivity index (χ2v) is 5.44. The first kappa shape index (κ1) is 11.0. The number of hydrogen-bond donors (Lipinski definition) is 1. The van der Waals surface area contributed by atoms with Crippen molar-refractivity contribution in [2.45, 2.75) is 32.9 Å². The van der Waals surface area contributed by atoms with E-state index in [1.165, 1.54) is 11.4 Å². The summed E-state index contributed by atoms with van der Waals surface area (Å²) in [5.74, 6) is 0.682. The molecule has 0 radical (unpaired) electrons. The Kier molecular flexibility index (Phi) is 3.38. The van der Waals surface area contributed by atoms with E-state index in [9.17, 15) is 0 Å². The van der Waals surface area contributed by atoms with Gasteiger partial charge in [0.25, 0.3) is 0 Å². The summed E-state index contributed by atoms with van der Waals surface area (Å²) in [5, 5.41) is 3.35. The maximum absolute atomic E-state index is 5.72. The van der Waals surface area contributed by atoms with Crippen molar-refractivity contribution in [2.75, 3.05) is 13.1 Å². The van der Waals surface area contributed by atoms with Gasteiger partial charge in [0.2, 0.25) is 0 Å². The lowest BCUT2D eigenvalue weighted by atomic mass is 10.1. The maximum Gasteiger partial charge on any atom is 0.107 e. The standard InChI is InChI=1S/C11H19N3S/c1-8-7-15-11(13-8)6-14-5-10(4-12)3-9(14)2/h7,9-10H,3-6,12H2,1-2H3. The second kappa shape index (κ2) is 4.60. The van der Waals surface area contributed by atoms with E-state index in [-0.39, 0.29) is 0 Å². The summed E-state index contributed by atoms with van der Waals surface area (Å²) >= 11 is 1.76. The highest BCUT2D eigenvalue weighted by molar-refractivity contribution is 7.09. The number of likely N-dealkylation sites (tertiary alicyclic amines) is 1. The molecule has 1 aromatic rings. The summed E-state index contributed by atoms with van der Waals surface area (Å²) in [6.45, 7) is 7.29. The summed E-state index contributed by atoms with van der Waals surface area (Å²) in [4.78, 5) is 7.00. The number of aromatic nitrogens is 1. The summed E-state index contributed by atoms with van der Waals surface area (Å²) < 4.78 is 0. The van der Waals surface area contributed by atoms with E-state index in [0.717, 1.165) is 25.3 Å². The molecule has 2 atom stereocenters. The average Bonchev–Trinajstić information content (AvgIpc) is 2.75. The number of hydrogen-bond acceptors (Lipinski definition) is 4. The van der Waals surface area contributed by atoms with Crippen molar-refractivity contribution in [3.8, 4) is 0 Å². The fraction of sp³-hybridized carbons (Fsp3) is 0.727. The monoisotopic (exact) mass is 225 g/mol. The lowest BCUT2D eigenvalue weighted by Crippen LogP contribution is -2.27. The van der Waals surface area contributed by atoms with Gasteiger partial charge < -0.3 is 5.73 Å². The number of aryl methyl sites for hydroxylation is 1. The molecule has 1 aliphatic heterocycles. The molecular formula is C11H19N3S. The van der Waals surface area contributed by atoms with Crippen LogP contribution in [0.4, 0.5) is 0 Å². The minimum atomic E-state index is 0.655. The van der Waals surface area contributed by atoms with Crippen LogP contribution in [-0.2, 0) is 6.54 Å². The highest BCUT2D eigenvalue weighted by atomic mass is 32.1. The van der Waals surface area contributed by atoms with E-state index in [1.807, 2.05) is 0 Å². The molecule has 3 nitrogen and oxygen atoms in total. The molecule has 2 N–H and O–H groups in total. The second-order valence-electron chi connectivity index (χ2n) is 4.50. The van der Waals surface area contributed by atoms with Gasteiger partial charge in [-0.3, -0.25) is 4.90 Å². The zero-order chi connectivity index (χ0) is 10.8. The van der Waals surface area contributed by atoms with Gasteiger partial charge >= 0.3 is 0 Å². The Morgan fingerprint density at radius 1 is 1.67 bits per heavy atom. The third-order valence-electron chi connectivity index (χ3n) is 3.13. The zero-order valence-electron chi connectivity index (χ0n) is 9.44. The molecule has 0 bridgehead atoms. The topological polar surface area (TPSA) is 42.1 Å². The summed E-state index contributed by atoms with van der Waals surface area (Å²) in [6, 6.07) is 0.655. The first-order chi connectivity index (χ1) is 7.19. The summed E-state index contributed by atoms with van der Waals surface area (Å²) in [5.41, 5.74) is 6.85. The van der Waals surface area contributed by atoms with Crippen LogP contribution in [0.25, 0.3) is 0 Å². The van der Waals surface area contributed by atoms with E-state index in [2.05, 4.69) is 29.1 Å². The smallest absolute Gasteiger partial charge is 0.107 e.